The first-order valence-electron chi connectivity index (χ1n) is 9.27. The molecule has 2 aromatic carbocycles. The lowest BCUT2D eigenvalue weighted by Gasteiger charge is -2.34. The van der Waals surface area contributed by atoms with Crippen LogP contribution in [-0.4, -0.2) is 36.3 Å². The highest BCUT2D eigenvalue weighted by atomic mass is 32.1. The second kappa shape index (κ2) is 7.96. The van der Waals surface area contributed by atoms with E-state index in [9.17, 15) is 0 Å². The van der Waals surface area contributed by atoms with Gasteiger partial charge in [0.1, 0.15) is 13.2 Å². The van der Waals surface area contributed by atoms with Crippen LogP contribution in [-0.2, 0) is 6.42 Å². The van der Waals surface area contributed by atoms with Gasteiger partial charge in [0.15, 0.2) is 16.6 Å². The second-order valence-corrected chi connectivity index (χ2v) is 7.30. The van der Waals surface area contributed by atoms with E-state index < -0.39 is 0 Å². The largest absolute Gasteiger partial charge is 0.486 e. The minimum atomic E-state index is 0.593. The van der Waals surface area contributed by atoms with Crippen LogP contribution in [0.15, 0.2) is 48.5 Å². The van der Waals surface area contributed by atoms with Crippen LogP contribution in [0.3, 0.4) is 0 Å². The Labute approximate surface area is 160 Å². The maximum atomic E-state index is 5.64. The van der Waals surface area contributed by atoms with Gasteiger partial charge in [-0.2, -0.15) is 0 Å². The van der Waals surface area contributed by atoms with E-state index in [1.165, 1.54) is 18.4 Å². The number of nitrogens with zero attached hydrogens (tertiary/aromatic N) is 1. The summed E-state index contributed by atoms with van der Waals surface area (Å²) in [6, 6.07) is 16.7. The molecule has 0 bridgehead atoms. The predicted octanol–water partition coefficient (Wildman–Crippen LogP) is 4.11. The third-order valence-electron chi connectivity index (χ3n) is 5.06. The average molecular weight is 369 g/mol. The van der Waals surface area contributed by atoms with Gasteiger partial charge in [0.05, 0.1) is 0 Å². The maximum Gasteiger partial charge on any atom is 0.173 e. The van der Waals surface area contributed by atoms with E-state index in [1.54, 1.807) is 0 Å². The maximum absolute atomic E-state index is 5.64. The average Bonchev–Trinajstić information content (AvgIpc) is 2.69. The fourth-order valence-corrected chi connectivity index (χ4v) is 3.91. The van der Waals surface area contributed by atoms with Gasteiger partial charge in [-0.15, -0.1) is 0 Å². The number of hydrogen-bond donors (Lipinski definition) is 1. The van der Waals surface area contributed by atoms with E-state index in [1.807, 2.05) is 18.2 Å². The molecule has 1 fully saturated rings. The molecule has 0 aromatic heterocycles. The predicted molar refractivity (Wildman–Crippen MR) is 108 cm³/mol. The molecule has 0 atom stereocenters. The Morgan fingerprint density at radius 2 is 1.73 bits per heavy atom. The van der Waals surface area contributed by atoms with Gasteiger partial charge in [-0.05, 0) is 55.1 Å². The van der Waals surface area contributed by atoms with E-state index in [-0.39, 0.29) is 0 Å². The molecule has 2 aliphatic heterocycles. The Morgan fingerprint density at radius 1 is 1.00 bits per heavy atom. The number of hydrogen-bond acceptors (Lipinski definition) is 3. The molecule has 0 unspecified atom stereocenters. The molecule has 26 heavy (non-hydrogen) atoms. The first-order valence-corrected chi connectivity index (χ1v) is 9.68. The number of thiocarbonyl (C=S) groups is 1. The van der Waals surface area contributed by atoms with Gasteiger partial charge in [-0.25, -0.2) is 0 Å². The van der Waals surface area contributed by atoms with Crippen molar-refractivity contribution in [1.82, 2.24) is 4.90 Å². The molecular weight excluding hydrogens is 344 g/mol. The normalized spacial score (nSPS) is 17.0. The van der Waals surface area contributed by atoms with Crippen LogP contribution in [0.1, 0.15) is 18.4 Å². The molecule has 1 N–H and O–H groups in total. The van der Waals surface area contributed by atoms with E-state index in [2.05, 4.69) is 40.5 Å². The van der Waals surface area contributed by atoms with Gasteiger partial charge in [-0.1, -0.05) is 30.3 Å². The molecule has 5 heteroatoms. The van der Waals surface area contributed by atoms with E-state index in [0.717, 1.165) is 47.7 Å². The van der Waals surface area contributed by atoms with Crippen molar-refractivity contribution in [2.45, 2.75) is 19.3 Å². The third-order valence-corrected chi connectivity index (χ3v) is 5.42. The first-order chi connectivity index (χ1) is 12.8. The zero-order chi connectivity index (χ0) is 17.8. The van der Waals surface area contributed by atoms with Crippen LogP contribution in [0.25, 0.3) is 0 Å². The van der Waals surface area contributed by atoms with Crippen molar-refractivity contribution >= 4 is 23.0 Å². The summed E-state index contributed by atoms with van der Waals surface area (Å²) in [6.07, 6.45) is 3.52. The van der Waals surface area contributed by atoms with Crippen LogP contribution < -0.4 is 14.8 Å². The van der Waals surface area contributed by atoms with Crippen molar-refractivity contribution in [2.24, 2.45) is 5.92 Å². The van der Waals surface area contributed by atoms with Crippen molar-refractivity contribution in [3.05, 3.63) is 54.1 Å². The van der Waals surface area contributed by atoms with Gasteiger partial charge in [-0.3, -0.25) is 0 Å². The Balaban J connectivity index is 1.30. The highest BCUT2D eigenvalue weighted by Crippen LogP contribution is 2.32. The fourth-order valence-electron chi connectivity index (χ4n) is 3.61. The molecule has 0 spiro atoms. The van der Waals surface area contributed by atoms with Gasteiger partial charge in [0.2, 0.25) is 0 Å². The lowest BCUT2D eigenvalue weighted by Crippen LogP contribution is -2.41. The minimum absolute atomic E-state index is 0.593. The number of rotatable bonds is 3. The summed E-state index contributed by atoms with van der Waals surface area (Å²) in [4.78, 5) is 2.27. The van der Waals surface area contributed by atoms with Crippen molar-refractivity contribution < 1.29 is 9.47 Å². The number of likely N-dealkylation sites (tertiary alicyclic amines) is 1. The number of piperidine rings is 1. The molecule has 136 valence electrons. The lowest BCUT2D eigenvalue weighted by atomic mass is 9.90. The summed E-state index contributed by atoms with van der Waals surface area (Å²) in [5.41, 5.74) is 2.38. The number of anilines is 1. The number of fused-ring (bicyclic) bond motifs is 1. The quantitative estimate of drug-likeness (QED) is 0.825. The SMILES string of the molecule is S=C(Nc1ccc2c(c1)OCCO2)N1CCC(Cc2ccccc2)CC1. The van der Waals surface area contributed by atoms with Crippen LogP contribution in [0, 0.1) is 5.92 Å². The molecule has 2 aliphatic rings. The molecular formula is C21H24N2O2S. The van der Waals surface area contributed by atoms with Crippen LogP contribution >= 0.6 is 12.2 Å². The minimum Gasteiger partial charge on any atom is -0.486 e. The number of benzene rings is 2. The van der Waals surface area contributed by atoms with E-state index in [0.29, 0.717) is 13.2 Å². The monoisotopic (exact) mass is 368 g/mol. The second-order valence-electron chi connectivity index (χ2n) is 6.91. The summed E-state index contributed by atoms with van der Waals surface area (Å²) in [6.45, 7) is 3.22. The van der Waals surface area contributed by atoms with Gasteiger partial charge >= 0.3 is 0 Å². The summed E-state index contributed by atoms with van der Waals surface area (Å²) < 4.78 is 11.2. The van der Waals surface area contributed by atoms with Crippen molar-refractivity contribution in [1.29, 1.82) is 0 Å². The molecule has 2 aromatic rings. The molecule has 0 saturated carbocycles. The molecule has 1 saturated heterocycles. The molecule has 2 heterocycles. The number of nitrogens with one attached hydrogen (secondary N) is 1. The zero-order valence-corrected chi connectivity index (χ0v) is 15.6. The summed E-state index contributed by atoms with van der Waals surface area (Å²) in [7, 11) is 0. The molecule has 4 nitrogen and oxygen atoms in total. The summed E-state index contributed by atoms with van der Waals surface area (Å²) >= 11 is 5.62. The molecule has 0 amide bonds. The van der Waals surface area contributed by atoms with Crippen molar-refractivity contribution in [2.75, 3.05) is 31.6 Å². The van der Waals surface area contributed by atoms with Crippen LogP contribution in [0.5, 0.6) is 11.5 Å². The highest BCUT2D eigenvalue weighted by Gasteiger charge is 2.21. The molecule has 0 radical (unpaired) electrons. The van der Waals surface area contributed by atoms with Crippen molar-refractivity contribution in [3.63, 3.8) is 0 Å². The topological polar surface area (TPSA) is 33.7 Å². The van der Waals surface area contributed by atoms with Crippen LogP contribution in [0.4, 0.5) is 5.69 Å². The van der Waals surface area contributed by atoms with E-state index >= 15 is 0 Å². The Hall–Kier alpha value is -2.27. The van der Waals surface area contributed by atoms with Crippen molar-refractivity contribution in [3.8, 4) is 11.5 Å². The lowest BCUT2D eigenvalue weighted by molar-refractivity contribution is 0.171. The summed E-state index contributed by atoms with van der Waals surface area (Å²) in [5, 5.41) is 4.14. The zero-order valence-electron chi connectivity index (χ0n) is 14.8. The Morgan fingerprint density at radius 3 is 2.50 bits per heavy atom. The molecule has 0 aliphatic carbocycles. The van der Waals surface area contributed by atoms with Gasteiger partial charge in [0, 0.05) is 24.8 Å². The molecule has 4 rings (SSSR count). The Kier molecular flexibility index (Phi) is 5.25. The fraction of sp³-hybridized carbons (Fsp3) is 0.381. The number of ether oxygens (including phenoxy) is 2. The third kappa shape index (κ3) is 4.10. The summed E-state index contributed by atoms with van der Waals surface area (Å²) in [5.74, 6) is 2.32. The van der Waals surface area contributed by atoms with E-state index in [4.69, 9.17) is 21.7 Å². The standard InChI is InChI=1S/C21H24N2O2S/c26-21(22-18-6-7-19-20(15-18)25-13-12-24-19)23-10-8-17(9-11-23)14-16-4-2-1-3-5-16/h1-7,15,17H,8-14H2,(H,22,26). The van der Waals surface area contributed by atoms with Crippen LogP contribution in [0.2, 0.25) is 0 Å². The smallest absolute Gasteiger partial charge is 0.173 e. The Bertz CT molecular complexity index is 758. The first kappa shape index (κ1) is 17.2. The highest BCUT2D eigenvalue weighted by molar-refractivity contribution is 7.80. The van der Waals surface area contributed by atoms with Gasteiger partial charge < -0.3 is 19.7 Å². The van der Waals surface area contributed by atoms with Gasteiger partial charge in [0.25, 0.3) is 0 Å².